The number of carbonyl (C=O) groups is 1. The molecule has 104 valence electrons. The fourth-order valence-corrected chi connectivity index (χ4v) is 2.17. The molecule has 0 amide bonds. The fraction of sp³-hybridized carbons (Fsp3) is 0.0714. The second-order valence-corrected chi connectivity index (χ2v) is 5.44. The maximum Gasteiger partial charge on any atom is 0.330 e. The van der Waals surface area contributed by atoms with Crippen molar-refractivity contribution in [2.45, 2.75) is 6.04 Å². The number of benzene rings is 2. The summed E-state index contributed by atoms with van der Waals surface area (Å²) in [5.41, 5.74) is 0.563. The standard InChI is InChI=1S/C14H10BrClFNO2/c15-8-1-4-10(5-2-8)18-13(14(19)20)11-7-9(16)3-6-12(11)17/h1-7,13,18H,(H,19,20). The topological polar surface area (TPSA) is 49.3 Å². The SMILES string of the molecule is O=C(O)C(Nc1ccc(Br)cc1)c1cc(Cl)ccc1F. The van der Waals surface area contributed by atoms with E-state index in [4.69, 9.17) is 11.6 Å². The second kappa shape index (κ2) is 6.24. The van der Waals surface area contributed by atoms with E-state index in [0.717, 1.165) is 10.5 Å². The molecule has 0 aliphatic heterocycles. The van der Waals surface area contributed by atoms with Crippen LogP contribution in [0.2, 0.25) is 5.02 Å². The van der Waals surface area contributed by atoms with Gasteiger partial charge in [0, 0.05) is 20.7 Å². The Morgan fingerprint density at radius 1 is 1.25 bits per heavy atom. The first-order chi connectivity index (χ1) is 9.47. The zero-order valence-electron chi connectivity index (χ0n) is 10.1. The molecule has 2 rings (SSSR count). The van der Waals surface area contributed by atoms with Crippen molar-refractivity contribution in [3.05, 3.63) is 63.3 Å². The van der Waals surface area contributed by atoms with E-state index in [1.807, 2.05) is 0 Å². The summed E-state index contributed by atoms with van der Waals surface area (Å²) in [5, 5.41) is 12.3. The Morgan fingerprint density at radius 2 is 1.90 bits per heavy atom. The van der Waals surface area contributed by atoms with Gasteiger partial charge in [-0.05, 0) is 42.5 Å². The van der Waals surface area contributed by atoms with Crippen LogP contribution < -0.4 is 5.32 Å². The zero-order valence-corrected chi connectivity index (χ0v) is 12.5. The molecule has 0 saturated heterocycles. The first kappa shape index (κ1) is 14.8. The first-order valence-electron chi connectivity index (χ1n) is 5.67. The Labute approximate surface area is 128 Å². The molecule has 0 bridgehead atoms. The number of hydrogen-bond donors (Lipinski definition) is 2. The molecule has 0 aromatic heterocycles. The van der Waals surface area contributed by atoms with Crippen molar-refractivity contribution in [2.75, 3.05) is 5.32 Å². The molecular weight excluding hydrogens is 349 g/mol. The fourth-order valence-electron chi connectivity index (χ4n) is 1.72. The molecule has 2 aromatic carbocycles. The van der Waals surface area contributed by atoms with E-state index in [0.29, 0.717) is 5.69 Å². The summed E-state index contributed by atoms with van der Waals surface area (Å²) in [5.74, 6) is -1.81. The van der Waals surface area contributed by atoms with E-state index in [9.17, 15) is 14.3 Å². The van der Waals surface area contributed by atoms with Crippen LogP contribution in [0, 0.1) is 5.82 Å². The van der Waals surface area contributed by atoms with Gasteiger partial charge >= 0.3 is 5.97 Å². The second-order valence-electron chi connectivity index (χ2n) is 4.09. The van der Waals surface area contributed by atoms with Gasteiger partial charge in [-0.2, -0.15) is 0 Å². The highest BCUT2D eigenvalue weighted by molar-refractivity contribution is 9.10. The molecule has 0 fully saturated rings. The Balaban J connectivity index is 2.34. The smallest absolute Gasteiger partial charge is 0.330 e. The van der Waals surface area contributed by atoms with Crippen LogP contribution in [-0.2, 0) is 4.79 Å². The highest BCUT2D eigenvalue weighted by atomic mass is 79.9. The van der Waals surface area contributed by atoms with Crippen LogP contribution in [0.3, 0.4) is 0 Å². The molecule has 3 nitrogen and oxygen atoms in total. The van der Waals surface area contributed by atoms with Gasteiger partial charge in [-0.3, -0.25) is 0 Å². The lowest BCUT2D eigenvalue weighted by atomic mass is 10.1. The predicted octanol–water partition coefficient (Wildman–Crippen LogP) is 4.48. The highest BCUT2D eigenvalue weighted by Gasteiger charge is 2.23. The van der Waals surface area contributed by atoms with Crippen LogP contribution in [0.4, 0.5) is 10.1 Å². The molecule has 2 aromatic rings. The monoisotopic (exact) mass is 357 g/mol. The summed E-state index contributed by atoms with van der Waals surface area (Å²) in [4.78, 5) is 11.4. The summed E-state index contributed by atoms with van der Waals surface area (Å²) in [6, 6.07) is 9.53. The van der Waals surface area contributed by atoms with Crippen LogP contribution in [0.1, 0.15) is 11.6 Å². The molecule has 0 saturated carbocycles. The van der Waals surface area contributed by atoms with E-state index in [-0.39, 0.29) is 10.6 Å². The number of carboxylic acids is 1. The van der Waals surface area contributed by atoms with Crippen molar-refractivity contribution < 1.29 is 14.3 Å². The third-order valence-corrected chi connectivity index (χ3v) is 3.43. The van der Waals surface area contributed by atoms with Gasteiger partial charge in [-0.15, -0.1) is 0 Å². The van der Waals surface area contributed by atoms with Gasteiger partial charge in [0.05, 0.1) is 0 Å². The Hall–Kier alpha value is -1.59. The third kappa shape index (κ3) is 3.49. The largest absolute Gasteiger partial charge is 0.479 e. The number of hydrogen-bond acceptors (Lipinski definition) is 2. The van der Waals surface area contributed by atoms with E-state index >= 15 is 0 Å². The van der Waals surface area contributed by atoms with Gasteiger partial charge in [0.1, 0.15) is 5.82 Å². The van der Waals surface area contributed by atoms with Crippen molar-refractivity contribution >= 4 is 39.2 Å². The summed E-state index contributed by atoms with van der Waals surface area (Å²) in [6.07, 6.45) is 0. The maximum atomic E-state index is 13.8. The normalized spacial score (nSPS) is 11.9. The maximum absolute atomic E-state index is 13.8. The van der Waals surface area contributed by atoms with Gasteiger partial charge in [-0.25, -0.2) is 9.18 Å². The third-order valence-electron chi connectivity index (χ3n) is 2.67. The summed E-state index contributed by atoms with van der Waals surface area (Å²) in [7, 11) is 0. The van der Waals surface area contributed by atoms with E-state index in [1.165, 1.54) is 12.1 Å². The van der Waals surface area contributed by atoms with Crippen LogP contribution in [0.5, 0.6) is 0 Å². The molecule has 1 unspecified atom stereocenters. The van der Waals surface area contributed by atoms with Crippen LogP contribution in [0.15, 0.2) is 46.9 Å². The zero-order chi connectivity index (χ0) is 14.7. The molecule has 0 aliphatic rings. The van der Waals surface area contributed by atoms with Gasteiger partial charge in [0.25, 0.3) is 0 Å². The molecular formula is C14H10BrClFNO2. The van der Waals surface area contributed by atoms with E-state index < -0.39 is 17.8 Å². The average molecular weight is 359 g/mol. The summed E-state index contributed by atoms with van der Waals surface area (Å²) in [6.45, 7) is 0. The lowest BCUT2D eigenvalue weighted by Gasteiger charge is -2.17. The number of anilines is 1. The van der Waals surface area contributed by atoms with Crippen molar-refractivity contribution in [3.63, 3.8) is 0 Å². The van der Waals surface area contributed by atoms with Gasteiger partial charge < -0.3 is 10.4 Å². The van der Waals surface area contributed by atoms with Crippen molar-refractivity contribution in [1.29, 1.82) is 0 Å². The molecule has 0 radical (unpaired) electrons. The van der Waals surface area contributed by atoms with Crippen LogP contribution in [-0.4, -0.2) is 11.1 Å². The minimum absolute atomic E-state index is 0.00656. The van der Waals surface area contributed by atoms with Crippen molar-refractivity contribution in [1.82, 2.24) is 0 Å². The molecule has 0 spiro atoms. The van der Waals surface area contributed by atoms with Crippen molar-refractivity contribution in [3.8, 4) is 0 Å². The number of nitrogens with one attached hydrogen (secondary N) is 1. The number of carboxylic acid groups (broad SMARTS) is 1. The van der Waals surface area contributed by atoms with Crippen LogP contribution >= 0.6 is 27.5 Å². The van der Waals surface area contributed by atoms with Gasteiger partial charge in [-0.1, -0.05) is 27.5 Å². The van der Waals surface area contributed by atoms with Crippen molar-refractivity contribution in [2.24, 2.45) is 0 Å². The van der Waals surface area contributed by atoms with Crippen LogP contribution in [0.25, 0.3) is 0 Å². The Morgan fingerprint density at radius 3 is 2.50 bits per heavy atom. The average Bonchev–Trinajstić information content (AvgIpc) is 2.41. The Bertz CT molecular complexity index is 634. The van der Waals surface area contributed by atoms with Gasteiger partial charge in [0.2, 0.25) is 0 Å². The van der Waals surface area contributed by atoms with E-state index in [2.05, 4.69) is 21.2 Å². The molecule has 1 atom stereocenters. The number of rotatable bonds is 4. The minimum atomic E-state index is -1.21. The number of aliphatic carboxylic acids is 1. The highest BCUT2D eigenvalue weighted by Crippen LogP contribution is 2.26. The summed E-state index contributed by atoms with van der Waals surface area (Å²) < 4.78 is 14.6. The van der Waals surface area contributed by atoms with E-state index in [1.54, 1.807) is 24.3 Å². The Kier molecular flexibility index (Phi) is 4.62. The molecule has 0 aliphatic carbocycles. The lowest BCUT2D eigenvalue weighted by Crippen LogP contribution is -2.21. The molecule has 0 heterocycles. The molecule has 20 heavy (non-hydrogen) atoms. The van der Waals surface area contributed by atoms with Gasteiger partial charge in [0.15, 0.2) is 6.04 Å². The minimum Gasteiger partial charge on any atom is -0.479 e. The number of halogens is 3. The first-order valence-corrected chi connectivity index (χ1v) is 6.84. The summed E-state index contributed by atoms with van der Waals surface area (Å²) >= 11 is 9.08. The molecule has 6 heteroatoms. The lowest BCUT2D eigenvalue weighted by molar-refractivity contribution is -0.138. The predicted molar refractivity (Wildman–Crippen MR) is 79.6 cm³/mol. The molecule has 2 N–H and O–H groups in total. The quantitative estimate of drug-likeness (QED) is 0.847.